The van der Waals surface area contributed by atoms with Crippen molar-refractivity contribution in [2.75, 3.05) is 0 Å². The Bertz CT molecular complexity index is 738. The summed E-state index contributed by atoms with van der Waals surface area (Å²) in [5.41, 5.74) is -3.28. The molecule has 0 aliphatic heterocycles. The summed E-state index contributed by atoms with van der Waals surface area (Å²) in [6.45, 7) is 0. The maximum Gasteiger partial charge on any atom is 0.341 e. The predicted octanol–water partition coefficient (Wildman–Crippen LogP) is 1.78. The Morgan fingerprint density at radius 3 is 2.17 bits per heavy atom. The molecule has 1 aromatic carbocycles. The third-order valence-corrected chi connectivity index (χ3v) is 2.33. The highest BCUT2D eigenvalue weighted by atomic mass is 19.2. The van der Waals surface area contributed by atoms with Gasteiger partial charge in [0.05, 0.1) is 10.9 Å². The fourth-order valence-electron chi connectivity index (χ4n) is 1.48. The highest BCUT2D eigenvalue weighted by Crippen LogP contribution is 2.23. The van der Waals surface area contributed by atoms with Gasteiger partial charge in [-0.1, -0.05) is 0 Å². The quantitative estimate of drug-likeness (QED) is 0.467. The topological polar surface area (TPSA) is 70.2 Å². The summed E-state index contributed by atoms with van der Waals surface area (Å²) in [5.74, 6) is -9.69. The van der Waals surface area contributed by atoms with E-state index in [1.54, 1.807) is 0 Å². The van der Waals surface area contributed by atoms with E-state index in [2.05, 4.69) is 0 Å². The van der Waals surface area contributed by atoms with Crippen LogP contribution in [0, 0.1) is 23.3 Å². The van der Waals surface area contributed by atoms with E-state index < -0.39 is 51.1 Å². The summed E-state index contributed by atoms with van der Waals surface area (Å²) >= 11 is 0. The van der Waals surface area contributed by atoms with Gasteiger partial charge in [0.25, 0.3) is 0 Å². The number of carboxylic acid groups (broad SMARTS) is 1. The molecule has 0 aliphatic carbocycles. The number of benzene rings is 1. The SMILES string of the molecule is O=C(O)c1c[nH]c2c(F)c(F)c(F)c(F)c2c1=O. The van der Waals surface area contributed by atoms with Gasteiger partial charge in [0.15, 0.2) is 23.3 Å². The number of halogens is 4. The molecule has 0 radical (unpaired) electrons. The minimum absolute atomic E-state index is 0.576. The van der Waals surface area contributed by atoms with Crippen LogP contribution in [0.3, 0.4) is 0 Å². The number of nitrogens with one attached hydrogen (secondary N) is 1. The average Bonchev–Trinajstić information content (AvgIpc) is 2.32. The maximum atomic E-state index is 13.3. The molecule has 0 unspecified atom stereocenters. The largest absolute Gasteiger partial charge is 0.477 e. The van der Waals surface area contributed by atoms with Gasteiger partial charge in [-0.2, -0.15) is 0 Å². The van der Waals surface area contributed by atoms with Crippen molar-refractivity contribution in [3.8, 4) is 0 Å². The van der Waals surface area contributed by atoms with Crippen molar-refractivity contribution in [2.45, 2.75) is 0 Å². The molecule has 0 saturated heterocycles. The van der Waals surface area contributed by atoms with Gasteiger partial charge in [-0.05, 0) is 0 Å². The number of aromatic nitrogens is 1. The molecule has 0 aliphatic rings. The molecular weight excluding hydrogens is 258 g/mol. The second-order valence-corrected chi connectivity index (χ2v) is 3.34. The van der Waals surface area contributed by atoms with E-state index in [9.17, 15) is 27.2 Å². The number of fused-ring (bicyclic) bond motifs is 1. The van der Waals surface area contributed by atoms with Gasteiger partial charge in [0.1, 0.15) is 5.56 Å². The van der Waals surface area contributed by atoms with Crippen LogP contribution in [0.5, 0.6) is 0 Å². The van der Waals surface area contributed by atoms with Crippen molar-refractivity contribution < 1.29 is 27.5 Å². The lowest BCUT2D eigenvalue weighted by Gasteiger charge is -2.04. The van der Waals surface area contributed by atoms with Crippen LogP contribution in [0.15, 0.2) is 11.0 Å². The fourth-order valence-corrected chi connectivity index (χ4v) is 1.48. The molecule has 0 amide bonds. The predicted molar refractivity (Wildman–Crippen MR) is 51.4 cm³/mol. The third-order valence-electron chi connectivity index (χ3n) is 2.33. The number of carbonyl (C=O) groups is 1. The Balaban J connectivity index is 3.09. The molecule has 0 fully saturated rings. The number of pyridine rings is 1. The van der Waals surface area contributed by atoms with E-state index in [0.717, 1.165) is 0 Å². The van der Waals surface area contributed by atoms with E-state index >= 15 is 0 Å². The van der Waals surface area contributed by atoms with Crippen LogP contribution in [-0.4, -0.2) is 16.1 Å². The Morgan fingerprint density at radius 2 is 1.61 bits per heavy atom. The third kappa shape index (κ3) is 1.45. The molecule has 0 atom stereocenters. The van der Waals surface area contributed by atoms with Crippen LogP contribution >= 0.6 is 0 Å². The zero-order valence-corrected chi connectivity index (χ0v) is 8.35. The summed E-state index contributed by atoms with van der Waals surface area (Å²) < 4.78 is 52.4. The fraction of sp³-hybridized carbons (Fsp3) is 0. The van der Waals surface area contributed by atoms with Crippen molar-refractivity contribution in [1.29, 1.82) is 0 Å². The van der Waals surface area contributed by atoms with Gasteiger partial charge < -0.3 is 10.1 Å². The van der Waals surface area contributed by atoms with Crippen molar-refractivity contribution in [3.63, 3.8) is 0 Å². The molecule has 0 bridgehead atoms. The van der Waals surface area contributed by atoms with Gasteiger partial charge in [0.2, 0.25) is 5.43 Å². The summed E-state index contributed by atoms with van der Waals surface area (Å²) in [7, 11) is 0. The van der Waals surface area contributed by atoms with Crippen molar-refractivity contribution in [2.24, 2.45) is 0 Å². The smallest absolute Gasteiger partial charge is 0.341 e. The normalized spacial score (nSPS) is 10.9. The van der Waals surface area contributed by atoms with E-state index in [-0.39, 0.29) is 0 Å². The van der Waals surface area contributed by atoms with Crippen LogP contribution < -0.4 is 5.43 Å². The molecule has 18 heavy (non-hydrogen) atoms. The van der Waals surface area contributed by atoms with Gasteiger partial charge in [-0.3, -0.25) is 4.79 Å². The lowest BCUT2D eigenvalue weighted by atomic mass is 10.1. The van der Waals surface area contributed by atoms with Crippen LogP contribution in [-0.2, 0) is 0 Å². The van der Waals surface area contributed by atoms with Crippen LogP contribution in [0.1, 0.15) is 10.4 Å². The molecule has 0 spiro atoms. The van der Waals surface area contributed by atoms with Crippen LogP contribution in [0.4, 0.5) is 17.6 Å². The molecule has 94 valence electrons. The summed E-state index contributed by atoms with van der Waals surface area (Å²) in [4.78, 5) is 24.0. The Morgan fingerprint density at radius 1 is 1.06 bits per heavy atom. The average molecular weight is 261 g/mol. The van der Waals surface area contributed by atoms with E-state index in [4.69, 9.17) is 5.11 Å². The van der Waals surface area contributed by atoms with E-state index in [1.165, 1.54) is 0 Å². The standard InChI is InChI=1S/C10H3F4NO3/c11-4-3-8(7(14)6(13)5(4)12)15-1-2(9(3)16)10(17)18/h1H,(H,15,16)(H,17,18). The number of aromatic carboxylic acids is 1. The van der Waals surface area contributed by atoms with Gasteiger partial charge in [-0.25, -0.2) is 22.4 Å². The summed E-state index contributed by atoms with van der Waals surface area (Å²) in [5, 5.41) is 7.43. The monoisotopic (exact) mass is 261 g/mol. The summed E-state index contributed by atoms with van der Waals surface area (Å²) in [6.07, 6.45) is 0.576. The maximum absolute atomic E-state index is 13.3. The minimum atomic E-state index is -2.17. The Hall–Kier alpha value is -2.38. The number of hydrogen-bond donors (Lipinski definition) is 2. The molecule has 0 saturated carbocycles. The Kier molecular flexibility index (Phi) is 2.57. The number of hydrogen-bond acceptors (Lipinski definition) is 2. The number of carboxylic acids is 1. The lowest BCUT2D eigenvalue weighted by Crippen LogP contribution is -2.18. The second-order valence-electron chi connectivity index (χ2n) is 3.34. The van der Waals surface area contributed by atoms with Crippen molar-refractivity contribution >= 4 is 16.9 Å². The number of aromatic amines is 1. The van der Waals surface area contributed by atoms with Crippen LogP contribution in [0.25, 0.3) is 10.9 Å². The number of H-pyrrole nitrogens is 1. The highest BCUT2D eigenvalue weighted by Gasteiger charge is 2.24. The molecular formula is C10H3F4NO3. The highest BCUT2D eigenvalue weighted by molar-refractivity contribution is 5.92. The number of rotatable bonds is 1. The van der Waals surface area contributed by atoms with Crippen molar-refractivity contribution in [1.82, 2.24) is 4.98 Å². The molecule has 2 rings (SSSR count). The molecule has 1 aromatic heterocycles. The van der Waals surface area contributed by atoms with Gasteiger partial charge in [0, 0.05) is 6.20 Å². The molecule has 2 N–H and O–H groups in total. The zero-order chi connectivity index (χ0) is 13.6. The minimum Gasteiger partial charge on any atom is -0.477 e. The van der Waals surface area contributed by atoms with Crippen molar-refractivity contribution in [3.05, 3.63) is 45.3 Å². The zero-order valence-electron chi connectivity index (χ0n) is 8.35. The molecule has 2 aromatic rings. The first-order valence-electron chi connectivity index (χ1n) is 4.47. The molecule has 1 heterocycles. The van der Waals surface area contributed by atoms with Gasteiger partial charge in [-0.15, -0.1) is 0 Å². The second kappa shape index (κ2) is 3.83. The van der Waals surface area contributed by atoms with Crippen LogP contribution in [0.2, 0.25) is 0 Å². The Labute approximate surface area is 95.5 Å². The first-order chi connectivity index (χ1) is 8.36. The molecule has 8 heteroatoms. The first kappa shape index (κ1) is 12.1. The van der Waals surface area contributed by atoms with E-state index in [1.807, 2.05) is 4.98 Å². The first-order valence-corrected chi connectivity index (χ1v) is 4.47. The summed E-state index contributed by atoms with van der Waals surface area (Å²) in [6, 6.07) is 0. The van der Waals surface area contributed by atoms with Gasteiger partial charge >= 0.3 is 5.97 Å². The van der Waals surface area contributed by atoms with E-state index in [0.29, 0.717) is 6.20 Å². The lowest BCUT2D eigenvalue weighted by molar-refractivity contribution is 0.0695. The molecule has 4 nitrogen and oxygen atoms in total.